The van der Waals surface area contributed by atoms with E-state index in [4.69, 9.17) is 0 Å². The number of aryl methyl sites for hydroxylation is 3. The van der Waals surface area contributed by atoms with Crippen LogP contribution in [0.4, 0.5) is 0 Å². The molecule has 0 spiro atoms. The van der Waals surface area contributed by atoms with Crippen molar-refractivity contribution in [3.05, 3.63) is 69.9 Å². The van der Waals surface area contributed by atoms with Gasteiger partial charge in [0.05, 0.1) is 0 Å². The lowest BCUT2D eigenvalue weighted by molar-refractivity contribution is 0.953. The van der Waals surface area contributed by atoms with E-state index in [0.717, 1.165) is 0 Å². The van der Waals surface area contributed by atoms with Gasteiger partial charge >= 0.3 is 0 Å². The topological polar surface area (TPSA) is 0 Å². The predicted molar refractivity (Wildman–Crippen MR) is 168 cm³/mol. The lowest BCUT2D eigenvalue weighted by Gasteiger charge is -1.95. The highest BCUT2D eigenvalue weighted by molar-refractivity contribution is 7.29. The van der Waals surface area contributed by atoms with Crippen LogP contribution in [-0.4, -0.2) is 12.3 Å². The molecular formula is C27H28P2S5. The molecule has 0 aromatic carbocycles. The Kier molecular flexibility index (Phi) is 8.54. The van der Waals surface area contributed by atoms with E-state index >= 15 is 0 Å². The Balaban J connectivity index is 1.34. The summed E-state index contributed by atoms with van der Waals surface area (Å²) in [4.78, 5) is 14.1. The molecule has 0 nitrogen and oxygen atoms in total. The van der Waals surface area contributed by atoms with Crippen LogP contribution in [0.15, 0.2) is 54.6 Å². The van der Waals surface area contributed by atoms with Crippen molar-refractivity contribution in [2.45, 2.75) is 32.6 Å². The molecule has 5 aromatic heterocycles. The van der Waals surface area contributed by atoms with E-state index in [-0.39, 0.29) is 0 Å². The van der Waals surface area contributed by atoms with E-state index in [9.17, 15) is 0 Å². The summed E-state index contributed by atoms with van der Waals surface area (Å²) in [5.74, 6) is 0. The SMILES string of the molecule is Cc1cc(-c2ccc(-c3ccc(CCCP)s3)s2)sc1-c1ccc(-c2ccc(CCCP)s2)s1. The van der Waals surface area contributed by atoms with Crippen LogP contribution in [0.2, 0.25) is 0 Å². The summed E-state index contributed by atoms with van der Waals surface area (Å²) in [6.07, 6.45) is 7.21. The van der Waals surface area contributed by atoms with E-state index in [1.165, 1.54) is 92.3 Å². The molecule has 0 amide bonds. The average Bonchev–Trinajstić information content (AvgIpc) is 3.64. The fraction of sp³-hybridized carbons (Fsp3) is 0.259. The van der Waals surface area contributed by atoms with Gasteiger partial charge in [-0.3, -0.25) is 0 Å². The Morgan fingerprint density at radius 2 is 0.971 bits per heavy atom. The molecular weight excluding hydrogens is 547 g/mol. The highest BCUT2D eigenvalue weighted by Crippen LogP contribution is 2.46. The van der Waals surface area contributed by atoms with Gasteiger partial charge in [0.15, 0.2) is 0 Å². The van der Waals surface area contributed by atoms with Gasteiger partial charge in [0.2, 0.25) is 0 Å². The molecule has 176 valence electrons. The van der Waals surface area contributed by atoms with Crippen molar-refractivity contribution in [1.82, 2.24) is 0 Å². The number of thiophene rings is 5. The predicted octanol–water partition coefficient (Wildman–Crippen LogP) is 10.6. The van der Waals surface area contributed by atoms with Gasteiger partial charge in [-0.25, -0.2) is 0 Å². The van der Waals surface area contributed by atoms with Gasteiger partial charge in [-0.2, -0.15) is 0 Å². The maximum atomic E-state index is 2.83. The Bertz CT molecular complexity index is 1360. The average molecular weight is 575 g/mol. The zero-order chi connectivity index (χ0) is 23.5. The first-order valence-electron chi connectivity index (χ1n) is 11.5. The number of hydrogen-bond donors (Lipinski definition) is 0. The van der Waals surface area contributed by atoms with Crippen LogP contribution in [0.1, 0.15) is 28.2 Å². The molecule has 0 saturated carbocycles. The highest BCUT2D eigenvalue weighted by Gasteiger charge is 2.15. The largest absolute Gasteiger partial charge is 0.139 e. The Labute approximate surface area is 227 Å². The third-order valence-corrected chi connectivity index (χ3v) is 12.9. The zero-order valence-electron chi connectivity index (χ0n) is 19.1. The summed E-state index contributed by atoms with van der Waals surface area (Å²) in [7, 11) is 5.67. The number of hydrogen-bond acceptors (Lipinski definition) is 5. The smallest absolute Gasteiger partial charge is 0.0478 e. The van der Waals surface area contributed by atoms with Crippen molar-refractivity contribution >= 4 is 75.2 Å². The lowest BCUT2D eigenvalue weighted by atomic mass is 10.2. The summed E-state index contributed by atoms with van der Waals surface area (Å²) in [5.41, 5.74) is 1.38. The molecule has 0 bridgehead atoms. The van der Waals surface area contributed by atoms with E-state index in [1.807, 2.05) is 56.7 Å². The molecule has 34 heavy (non-hydrogen) atoms. The zero-order valence-corrected chi connectivity index (χ0v) is 25.5. The Hall–Kier alpha value is -0.640. The third-order valence-electron chi connectivity index (χ3n) is 5.66. The van der Waals surface area contributed by atoms with Crippen LogP contribution in [0.25, 0.3) is 39.0 Å². The van der Waals surface area contributed by atoms with E-state index in [2.05, 4.69) is 80.0 Å². The van der Waals surface area contributed by atoms with E-state index in [0.29, 0.717) is 0 Å². The van der Waals surface area contributed by atoms with Crippen molar-refractivity contribution in [2.24, 2.45) is 0 Å². The maximum Gasteiger partial charge on any atom is 0.0478 e. The van der Waals surface area contributed by atoms with Gasteiger partial charge in [0.1, 0.15) is 0 Å². The second-order valence-corrected chi connectivity index (χ2v) is 15.0. The fourth-order valence-corrected chi connectivity index (χ4v) is 10.0. The van der Waals surface area contributed by atoms with Crippen molar-refractivity contribution in [2.75, 3.05) is 12.3 Å². The van der Waals surface area contributed by atoms with E-state index < -0.39 is 0 Å². The van der Waals surface area contributed by atoms with Crippen LogP contribution in [-0.2, 0) is 12.8 Å². The normalized spacial score (nSPS) is 11.5. The molecule has 2 unspecified atom stereocenters. The van der Waals surface area contributed by atoms with Crippen molar-refractivity contribution in [3.8, 4) is 39.0 Å². The monoisotopic (exact) mass is 574 g/mol. The standard InChI is InChI=1S/C27H28P2S5/c1-17-16-26(24-11-10-22(32-24)20-8-6-18(30-20)4-2-14-28)34-27(17)25-13-12-23(33-25)21-9-7-19(31-21)5-3-15-29/h6-13,16H,2-5,14-15,28-29H2,1H3. The minimum atomic E-state index is 1.18. The molecule has 0 aliphatic rings. The van der Waals surface area contributed by atoms with Gasteiger partial charge in [-0.15, -0.1) is 75.2 Å². The van der Waals surface area contributed by atoms with Crippen LogP contribution < -0.4 is 0 Å². The van der Waals surface area contributed by atoms with Crippen LogP contribution in [0, 0.1) is 6.92 Å². The van der Waals surface area contributed by atoms with Crippen molar-refractivity contribution in [1.29, 1.82) is 0 Å². The molecule has 5 aromatic rings. The highest BCUT2D eigenvalue weighted by atomic mass is 32.1. The van der Waals surface area contributed by atoms with Gasteiger partial charge in [0.25, 0.3) is 0 Å². The summed E-state index contributed by atoms with van der Waals surface area (Å²) in [6.45, 7) is 2.26. The molecule has 0 fully saturated rings. The maximum absolute atomic E-state index is 2.83. The second kappa shape index (κ2) is 11.6. The van der Waals surface area contributed by atoms with Crippen LogP contribution >= 0.6 is 75.2 Å². The molecule has 0 aliphatic heterocycles. The summed E-state index contributed by atoms with van der Waals surface area (Å²) in [5, 5.41) is 0. The minimum absolute atomic E-state index is 1.18. The first kappa shape index (κ1) is 25.0. The summed E-state index contributed by atoms with van der Waals surface area (Å²) >= 11 is 9.70. The van der Waals surface area contributed by atoms with Crippen LogP contribution in [0.3, 0.4) is 0 Å². The Morgan fingerprint density at radius 1 is 0.529 bits per heavy atom. The molecule has 5 rings (SSSR count). The number of rotatable bonds is 10. The quantitative estimate of drug-likeness (QED) is 0.146. The van der Waals surface area contributed by atoms with Gasteiger partial charge in [0, 0.05) is 48.8 Å². The second-order valence-electron chi connectivity index (χ2n) is 8.27. The van der Waals surface area contributed by atoms with Crippen molar-refractivity contribution in [3.63, 3.8) is 0 Å². The van der Waals surface area contributed by atoms with E-state index in [1.54, 1.807) is 0 Å². The lowest BCUT2D eigenvalue weighted by Crippen LogP contribution is -1.78. The Morgan fingerprint density at radius 3 is 1.53 bits per heavy atom. The minimum Gasteiger partial charge on any atom is -0.139 e. The molecule has 2 atom stereocenters. The molecule has 7 heteroatoms. The molecule has 0 radical (unpaired) electrons. The molecule has 5 heterocycles. The molecule has 0 saturated heterocycles. The molecule has 0 N–H and O–H groups in total. The van der Waals surface area contributed by atoms with Crippen molar-refractivity contribution < 1.29 is 0 Å². The third kappa shape index (κ3) is 5.68. The summed E-state index contributed by atoms with van der Waals surface area (Å²) < 4.78 is 0. The first-order chi connectivity index (χ1) is 16.6. The molecule has 0 aliphatic carbocycles. The van der Waals surface area contributed by atoms with Crippen LogP contribution in [0.5, 0.6) is 0 Å². The first-order valence-corrected chi connectivity index (χ1v) is 17.3. The van der Waals surface area contributed by atoms with Gasteiger partial charge < -0.3 is 0 Å². The fourth-order valence-electron chi connectivity index (χ4n) is 3.89. The summed E-state index contributed by atoms with van der Waals surface area (Å²) in [6, 6.07) is 20.8. The van der Waals surface area contributed by atoms with Gasteiger partial charge in [-0.05, 0) is 105 Å². The van der Waals surface area contributed by atoms with Gasteiger partial charge in [-0.1, -0.05) is 0 Å².